The van der Waals surface area contributed by atoms with Crippen molar-refractivity contribution in [2.45, 2.75) is 25.6 Å². The number of ether oxygens (including phenoxy) is 2. The monoisotopic (exact) mass is 329 g/mol. The molecule has 24 heavy (non-hydrogen) atoms. The van der Waals surface area contributed by atoms with Crippen LogP contribution in [0.25, 0.3) is 0 Å². The number of methoxy groups -OCH3 is 1. The van der Waals surface area contributed by atoms with Crippen LogP contribution in [0.5, 0.6) is 0 Å². The number of hydrogen-bond acceptors (Lipinski definition) is 5. The van der Waals surface area contributed by atoms with E-state index in [0.717, 1.165) is 5.56 Å². The predicted octanol–water partition coefficient (Wildman–Crippen LogP) is 3.92. The number of nitro groups is 1. The Kier molecular flexibility index (Phi) is 5.31. The fourth-order valence-electron chi connectivity index (χ4n) is 2.52. The summed E-state index contributed by atoms with van der Waals surface area (Å²) in [5.41, 5.74) is 0.137. The highest BCUT2D eigenvalue weighted by atomic mass is 16.6. The Morgan fingerprint density at radius 3 is 2.17 bits per heavy atom. The predicted molar refractivity (Wildman–Crippen MR) is 88.8 cm³/mol. The Labute approximate surface area is 140 Å². The summed E-state index contributed by atoms with van der Waals surface area (Å²) in [6.07, 6.45) is -0.444. The molecule has 0 aromatic heterocycles. The van der Waals surface area contributed by atoms with Crippen LogP contribution in [0, 0.1) is 10.1 Å². The summed E-state index contributed by atoms with van der Waals surface area (Å²) in [5.74, 6) is -0.562. The molecule has 1 atom stereocenters. The molecule has 0 spiro atoms. The molecule has 0 amide bonds. The summed E-state index contributed by atoms with van der Waals surface area (Å²) in [6.45, 7) is 3.52. The molecular weight excluding hydrogens is 310 g/mol. The lowest BCUT2D eigenvalue weighted by atomic mass is 9.94. The van der Waals surface area contributed by atoms with Gasteiger partial charge in [-0.15, -0.1) is 0 Å². The minimum Gasteiger partial charge on any atom is -0.453 e. The van der Waals surface area contributed by atoms with Crippen molar-refractivity contribution in [3.05, 3.63) is 75.8 Å². The van der Waals surface area contributed by atoms with E-state index in [4.69, 9.17) is 9.47 Å². The van der Waals surface area contributed by atoms with Crippen LogP contribution in [0.15, 0.2) is 54.6 Å². The van der Waals surface area contributed by atoms with Crippen molar-refractivity contribution >= 4 is 11.7 Å². The van der Waals surface area contributed by atoms with Gasteiger partial charge in [-0.1, -0.05) is 30.3 Å². The van der Waals surface area contributed by atoms with Crippen LogP contribution in [-0.2, 0) is 9.47 Å². The maximum absolute atomic E-state index is 12.3. The first-order chi connectivity index (χ1) is 11.3. The molecule has 0 fully saturated rings. The molecule has 0 bridgehead atoms. The SMILES string of the molecule is COC(c1ccccc1)C(C)(C)OC(=O)c1ccc([N+](=O)[O-])cc1. The van der Waals surface area contributed by atoms with Gasteiger partial charge in [0.15, 0.2) is 0 Å². The van der Waals surface area contributed by atoms with Gasteiger partial charge < -0.3 is 9.47 Å². The van der Waals surface area contributed by atoms with E-state index in [1.54, 1.807) is 21.0 Å². The van der Waals surface area contributed by atoms with Crippen LogP contribution in [-0.4, -0.2) is 23.6 Å². The highest BCUT2D eigenvalue weighted by Gasteiger charge is 2.35. The van der Waals surface area contributed by atoms with Gasteiger partial charge in [0.25, 0.3) is 5.69 Å². The quantitative estimate of drug-likeness (QED) is 0.456. The Balaban J connectivity index is 2.17. The molecule has 0 N–H and O–H groups in total. The van der Waals surface area contributed by atoms with Crippen molar-refractivity contribution in [3.8, 4) is 0 Å². The molecule has 0 aliphatic rings. The molecule has 0 aliphatic heterocycles. The summed E-state index contributed by atoms with van der Waals surface area (Å²) in [5, 5.41) is 10.7. The molecule has 6 heteroatoms. The first-order valence-electron chi connectivity index (χ1n) is 7.40. The van der Waals surface area contributed by atoms with Gasteiger partial charge in [0.05, 0.1) is 10.5 Å². The van der Waals surface area contributed by atoms with Crippen LogP contribution < -0.4 is 0 Å². The molecule has 126 valence electrons. The van der Waals surface area contributed by atoms with Crippen molar-refractivity contribution in [2.24, 2.45) is 0 Å². The maximum atomic E-state index is 12.3. The molecule has 0 saturated carbocycles. The topological polar surface area (TPSA) is 78.7 Å². The maximum Gasteiger partial charge on any atom is 0.338 e. The molecule has 0 radical (unpaired) electrons. The average molecular weight is 329 g/mol. The van der Waals surface area contributed by atoms with Crippen molar-refractivity contribution in [2.75, 3.05) is 7.11 Å². The molecule has 0 saturated heterocycles. The van der Waals surface area contributed by atoms with Gasteiger partial charge in [0.2, 0.25) is 0 Å². The van der Waals surface area contributed by atoms with Crippen LogP contribution in [0.2, 0.25) is 0 Å². The number of benzene rings is 2. The molecule has 1 unspecified atom stereocenters. The molecule has 2 aromatic carbocycles. The second-order valence-electron chi connectivity index (χ2n) is 5.82. The summed E-state index contributed by atoms with van der Waals surface area (Å²) in [7, 11) is 1.55. The lowest BCUT2D eigenvalue weighted by Gasteiger charge is -2.33. The fraction of sp³-hybridized carbons (Fsp3) is 0.278. The average Bonchev–Trinajstić information content (AvgIpc) is 2.55. The van der Waals surface area contributed by atoms with E-state index in [-0.39, 0.29) is 11.3 Å². The number of nitrogens with zero attached hydrogens (tertiary/aromatic N) is 1. The van der Waals surface area contributed by atoms with E-state index >= 15 is 0 Å². The van der Waals surface area contributed by atoms with Gasteiger partial charge in [-0.05, 0) is 31.5 Å². The van der Waals surface area contributed by atoms with Gasteiger partial charge in [0, 0.05) is 19.2 Å². The minimum atomic E-state index is -0.922. The van der Waals surface area contributed by atoms with Crippen LogP contribution in [0.1, 0.15) is 35.9 Å². The van der Waals surface area contributed by atoms with Gasteiger partial charge in [-0.25, -0.2) is 4.79 Å². The van der Waals surface area contributed by atoms with E-state index in [2.05, 4.69) is 0 Å². The number of hydrogen-bond donors (Lipinski definition) is 0. The van der Waals surface area contributed by atoms with E-state index in [0.29, 0.717) is 0 Å². The zero-order chi connectivity index (χ0) is 17.7. The number of rotatable bonds is 6. The normalized spacial score (nSPS) is 12.5. The molecule has 2 aromatic rings. The number of non-ortho nitro benzene ring substituents is 1. The van der Waals surface area contributed by atoms with E-state index in [9.17, 15) is 14.9 Å². The van der Waals surface area contributed by atoms with E-state index in [1.807, 2.05) is 30.3 Å². The number of esters is 1. The molecule has 2 rings (SSSR count). The third-order valence-corrected chi connectivity index (χ3v) is 3.64. The van der Waals surface area contributed by atoms with E-state index < -0.39 is 22.6 Å². The minimum absolute atomic E-state index is 0.0788. The Morgan fingerprint density at radius 2 is 1.67 bits per heavy atom. The summed E-state index contributed by atoms with van der Waals surface area (Å²) in [6, 6.07) is 14.8. The van der Waals surface area contributed by atoms with Crippen LogP contribution >= 0.6 is 0 Å². The standard InChI is InChI=1S/C18H19NO5/c1-18(2,16(23-3)13-7-5-4-6-8-13)24-17(20)14-9-11-15(12-10-14)19(21)22/h4-12,16H,1-3H3. The lowest BCUT2D eigenvalue weighted by molar-refractivity contribution is -0.384. The third-order valence-electron chi connectivity index (χ3n) is 3.64. The largest absolute Gasteiger partial charge is 0.453 e. The first kappa shape index (κ1) is 17.6. The Bertz CT molecular complexity index is 710. The number of carbonyl (C=O) groups is 1. The lowest BCUT2D eigenvalue weighted by Crippen LogP contribution is -2.36. The van der Waals surface area contributed by atoms with Gasteiger partial charge >= 0.3 is 5.97 Å². The van der Waals surface area contributed by atoms with Crippen LogP contribution in [0.4, 0.5) is 5.69 Å². The summed E-state index contributed by atoms with van der Waals surface area (Å²) >= 11 is 0. The van der Waals surface area contributed by atoms with Crippen molar-refractivity contribution < 1.29 is 19.2 Å². The highest BCUT2D eigenvalue weighted by Crippen LogP contribution is 2.32. The van der Waals surface area contributed by atoms with Crippen LogP contribution in [0.3, 0.4) is 0 Å². The second kappa shape index (κ2) is 7.23. The van der Waals surface area contributed by atoms with Gasteiger partial charge in [-0.3, -0.25) is 10.1 Å². The molecule has 0 aliphatic carbocycles. The number of nitro benzene ring substituents is 1. The van der Waals surface area contributed by atoms with Crippen molar-refractivity contribution in [1.29, 1.82) is 0 Å². The smallest absolute Gasteiger partial charge is 0.338 e. The highest BCUT2D eigenvalue weighted by molar-refractivity contribution is 5.90. The van der Waals surface area contributed by atoms with E-state index in [1.165, 1.54) is 24.3 Å². The zero-order valence-corrected chi connectivity index (χ0v) is 13.8. The summed E-state index contributed by atoms with van der Waals surface area (Å²) < 4.78 is 11.1. The van der Waals surface area contributed by atoms with Crippen molar-refractivity contribution in [1.82, 2.24) is 0 Å². The number of carbonyl (C=O) groups excluding carboxylic acids is 1. The van der Waals surface area contributed by atoms with Crippen molar-refractivity contribution in [3.63, 3.8) is 0 Å². The Morgan fingerprint density at radius 1 is 1.08 bits per heavy atom. The fourth-order valence-corrected chi connectivity index (χ4v) is 2.52. The first-order valence-corrected chi connectivity index (χ1v) is 7.40. The zero-order valence-electron chi connectivity index (χ0n) is 13.8. The molecule has 6 nitrogen and oxygen atoms in total. The molecule has 0 heterocycles. The van der Waals surface area contributed by atoms with Gasteiger partial charge in [-0.2, -0.15) is 0 Å². The second-order valence-corrected chi connectivity index (χ2v) is 5.82. The summed E-state index contributed by atoms with van der Waals surface area (Å²) in [4.78, 5) is 22.5. The molecular formula is C18H19NO5. The Hall–Kier alpha value is -2.73. The third kappa shape index (κ3) is 3.97. The van der Waals surface area contributed by atoms with Gasteiger partial charge in [0.1, 0.15) is 11.7 Å².